The molecular formula is C11H17NO2. The third-order valence-corrected chi connectivity index (χ3v) is 1.98. The van der Waals surface area contributed by atoms with Crippen molar-refractivity contribution in [2.24, 2.45) is 0 Å². The van der Waals surface area contributed by atoms with Crippen LogP contribution >= 0.6 is 0 Å². The van der Waals surface area contributed by atoms with E-state index in [1.54, 1.807) is 0 Å². The fourth-order valence-corrected chi connectivity index (χ4v) is 1.17. The Balaban J connectivity index is 2.13. The first kappa shape index (κ1) is 10.8. The molecule has 0 aliphatic carbocycles. The van der Waals surface area contributed by atoms with E-state index in [-0.39, 0.29) is 5.97 Å². The Kier molecular flexibility index (Phi) is 4.83. The number of ether oxygens (including phenoxy) is 1. The van der Waals surface area contributed by atoms with Gasteiger partial charge in [0.1, 0.15) is 6.54 Å². The number of nitrogens with zero attached hydrogens (tertiary/aromatic N) is 1. The summed E-state index contributed by atoms with van der Waals surface area (Å²) in [6.07, 6.45) is 9.81. The monoisotopic (exact) mass is 195 g/mol. The maximum atomic E-state index is 11.3. The Morgan fingerprint density at radius 3 is 3.00 bits per heavy atom. The molecule has 1 rings (SSSR count). The summed E-state index contributed by atoms with van der Waals surface area (Å²) < 4.78 is 5.05. The Morgan fingerprint density at radius 1 is 1.50 bits per heavy atom. The lowest BCUT2D eigenvalue weighted by Crippen LogP contribution is -2.27. The van der Waals surface area contributed by atoms with Gasteiger partial charge in [0.15, 0.2) is 0 Å². The first-order valence-electron chi connectivity index (χ1n) is 5.06. The van der Waals surface area contributed by atoms with Crippen molar-refractivity contribution in [3.63, 3.8) is 0 Å². The van der Waals surface area contributed by atoms with E-state index in [2.05, 4.69) is 6.92 Å². The molecule has 0 bridgehead atoms. The zero-order valence-corrected chi connectivity index (χ0v) is 8.61. The highest BCUT2D eigenvalue weighted by atomic mass is 16.5. The summed E-state index contributed by atoms with van der Waals surface area (Å²) in [5.74, 6) is -0.140. The highest BCUT2D eigenvalue weighted by Gasteiger charge is 2.07. The maximum absolute atomic E-state index is 11.3. The minimum absolute atomic E-state index is 0.140. The zero-order chi connectivity index (χ0) is 10.2. The molecule has 78 valence electrons. The van der Waals surface area contributed by atoms with Crippen molar-refractivity contribution < 1.29 is 9.53 Å². The molecule has 0 aromatic rings. The maximum Gasteiger partial charge on any atom is 0.325 e. The lowest BCUT2D eigenvalue weighted by atomic mass is 10.3. The lowest BCUT2D eigenvalue weighted by molar-refractivity contribution is -0.144. The summed E-state index contributed by atoms with van der Waals surface area (Å²) >= 11 is 0. The van der Waals surface area contributed by atoms with Crippen LogP contribution in [0.2, 0.25) is 0 Å². The van der Waals surface area contributed by atoms with Crippen molar-refractivity contribution in [1.82, 2.24) is 4.90 Å². The SMILES string of the molecule is CCCCOC(=O)CN1C=CC=CC1. The van der Waals surface area contributed by atoms with Crippen molar-refractivity contribution in [2.75, 3.05) is 19.7 Å². The smallest absolute Gasteiger partial charge is 0.325 e. The van der Waals surface area contributed by atoms with Crippen molar-refractivity contribution in [2.45, 2.75) is 19.8 Å². The van der Waals surface area contributed by atoms with Gasteiger partial charge in [0.2, 0.25) is 0 Å². The molecule has 0 N–H and O–H groups in total. The van der Waals surface area contributed by atoms with Gasteiger partial charge in [0.25, 0.3) is 0 Å². The van der Waals surface area contributed by atoms with Gasteiger partial charge in [0, 0.05) is 6.54 Å². The van der Waals surface area contributed by atoms with Gasteiger partial charge in [-0.3, -0.25) is 4.79 Å². The van der Waals surface area contributed by atoms with Gasteiger partial charge in [0.05, 0.1) is 6.61 Å². The van der Waals surface area contributed by atoms with Crippen LogP contribution in [0.1, 0.15) is 19.8 Å². The number of carbonyl (C=O) groups excluding carboxylic acids is 1. The molecule has 0 fully saturated rings. The van der Waals surface area contributed by atoms with E-state index in [0.29, 0.717) is 13.2 Å². The molecule has 0 saturated heterocycles. The van der Waals surface area contributed by atoms with Crippen LogP contribution in [0.15, 0.2) is 24.4 Å². The predicted molar refractivity (Wildman–Crippen MR) is 55.7 cm³/mol. The Bertz CT molecular complexity index is 233. The van der Waals surface area contributed by atoms with Crippen molar-refractivity contribution in [3.8, 4) is 0 Å². The van der Waals surface area contributed by atoms with Gasteiger partial charge >= 0.3 is 5.97 Å². The second kappa shape index (κ2) is 6.24. The largest absolute Gasteiger partial charge is 0.464 e. The molecule has 0 unspecified atom stereocenters. The molecule has 3 nitrogen and oxygen atoms in total. The molecule has 0 aromatic heterocycles. The summed E-state index contributed by atoms with van der Waals surface area (Å²) in [5, 5.41) is 0. The van der Waals surface area contributed by atoms with Gasteiger partial charge < -0.3 is 9.64 Å². The number of rotatable bonds is 5. The van der Waals surface area contributed by atoms with E-state index in [4.69, 9.17) is 4.74 Å². The van der Waals surface area contributed by atoms with E-state index in [1.165, 1.54) is 0 Å². The second-order valence-corrected chi connectivity index (χ2v) is 3.27. The number of hydrogen-bond donors (Lipinski definition) is 0. The van der Waals surface area contributed by atoms with Crippen LogP contribution in [-0.2, 0) is 9.53 Å². The number of hydrogen-bond acceptors (Lipinski definition) is 3. The normalized spacial score (nSPS) is 14.5. The summed E-state index contributed by atoms with van der Waals surface area (Å²) in [4.78, 5) is 13.2. The van der Waals surface area contributed by atoms with Crippen LogP contribution in [-0.4, -0.2) is 30.6 Å². The minimum atomic E-state index is -0.140. The Hall–Kier alpha value is -1.25. The van der Waals surface area contributed by atoms with Gasteiger partial charge in [-0.2, -0.15) is 0 Å². The number of carbonyl (C=O) groups is 1. The van der Waals surface area contributed by atoms with Crippen LogP contribution in [0.5, 0.6) is 0 Å². The molecular weight excluding hydrogens is 178 g/mol. The molecule has 0 aromatic carbocycles. The van der Waals surface area contributed by atoms with Crippen LogP contribution in [0, 0.1) is 0 Å². The number of unbranched alkanes of at least 4 members (excludes halogenated alkanes) is 1. The fourth-order valence-electron chi connectivity index (χ4n) is 1.17. The highest BCUT2D eigenvalue weighted by Crippen LogP contribution is 1.99. The molecule has 14 heavy (non-hydrogen) atoms. The molecule has 0 amide bonds. The Labute approximate surface area is 85.0 Å². The van der Waals surface area contributed by atoms with Crippen molar-refractivity contribution in [1.29, 1.82) is 0 Å². The summed E-state index contributed by atoms with van der Waals surface area (Å²) in [6.45, 7) is 3.76. The first-order valence-corrected chi connectivity index (χ1v) is 5.06. The van der Waals surface area contributed by atoms with E-state index >= 15 is 0 Å². The van der Waals surface area contributed by atoms with E-state index in [0.717, 1.165) is 19.4 Å². The summed E-state index contributed by atoms with van der Waals surface area (Å²) in [6, 6.07) is 0. The molecule has 0 spiro atoms. The molecule has 0 atom stereocenters. The molecule has 0 saturated carbocycles. The van der Waals surface area contributed by atoms with Crippen LogP contribution in [0.25, 0.3) is 0 Å². The average molecular weight is 195 g/mol. The molecule has 1 aliphatic heterocycles. The number of allylic oxidation sites excluding steroid dienone is 2. The van der Waals surface area contributed by atoms with Crippen LogP contribution in [0.3, 0.4) is 0 Å². The lowest BCUT2D eigenvalue weighted by Gasteiger charge is -2.18. The quantitative estimate of drug-likeness (QED) is 0.494. The van der Waals surface area contributed by atoms with E-state index in [9.17, 15) is 4.79 Å². The first-order chi connectivity index (χ1) is 6.83. The standard InChI is InChI=1S/C11H17NO2/c1-2-3-9-14-11(13)10-12-7-5-4-6-8-12/h4-7H,2-3,8-10H2,1H3. The third-order valence-electron chi connectivity index (χ3n) is 1.98. The van der Waals surface area contributed by atoms with Gasteiger partial charge in [-0.25, -0.2) is 0 Å². The third kappa shape index (κ3) is 4.12. The van der Waals surface area contributed by atoms with E-state index in [1.807, 2.05) is 29.3 Å². The highest BCUT2D eigenvalue weighted by molar-refractivity contribution is 5.71. The summed E-state index contributed by atoms with van der Waals surface area (Å²) in [7, 11) is 0. The second-order valence-electron chi connectivity index (χ2n) is 3.27. The van der Waals surface area contributed by atoms with Crippen molar-refractivity contribution in [3.05, 3.63) is 24.4 Å². The minimum Gasteiger partial charge on any atom is -0.464 e. The molecule has 0 radical (unpaired) electrons. The molecule has 3 heteroatoms. The topological polar surface area (TPSA) is 29.5 Å². The number of esters is 1. The summed E-state index contributed by atoms with van der Waals surface area (Å²) in [5.41, 5.74) is 0. The Morgan fingerprint density at radius 2 is 2.36 bits per heavy atom. The van der Waals surface area contributed by atoms with E-state index < -0.39 is 0 Å². The van der Waals surface area contributed by atoms with Crippen molar-refractivity contribution >= 4 is 5.97 Å². The van der Waals surface area contributed by atoms with Gasteiger partial charge in [-0.05, 0) is 18.7 Å². The van der Waals surface area contributed by atoms with Crippen LogP contribution in [0.4, 0.5) is 0 Å². The molecule has 1 heterocycles. The average Bonchev–Trinajstić information content (AvgIpc) is 2.20. The van der Waals surface area contributed by atoms with Crippen LogP contribution < -0.4 is 0 Å². The molecule has 1 aliphatic rings. The van der Waals surface area contributed by atoms with Gasteiger partial charge in [-0.1, -0.05) is 25.5 Å². The fraction of sp³-hybridized carbons (Fsp3) is 0.545. The zero-order valence-electron chi connectivity index (χ0n) is 8.61. The van der Waals surface area contributed by atoms with Gasteiger partial charge in [-0.15, -0.1) is 0 Å². The predicted octanol–water partition coefficient (Wildman–Crippen LogP) is 1.72.